The van der Waals surface area contributed by atoms with Crippen molar-refractivity contribution in [3.8, 4) is 6.07 Å². The second kappa shape index (κ2) is 3.75. The van der Waals surface area contributed by atoms with Crippen molar-refractivity contribution in [1.82, 2.24) is 9.55 Å². The molecule has 0 bridgehead atoms. The van der Waals surface area contributed by atoms with Crippen LogP contribution in [0.2, 0.25) is 0 Å². The van der Waals surface area contributed by atoms with Gasteiger partial charge in [0.2, 0.25) is 0 Å². The molecule has 1 aliphatic rings. The lowest BCUT2D eigenvalue weighted by molar-refractivity contribution is 0.700. The average molecular weight is 246 g/mol. The van der Waals surface area contributed by atoms with E-state index in [9.17, 15) is 0 Å². The van der Waals surface area contributed by atoms with Gasteiger partial charge in [0.25, 0.3) is 0 Å². The van der Waals surface area contributed by atoms with Crippen molar-refractivity contribution in [1.29, 1.82) is 5.26 Å². The molecule has 1 unspecified atom stereocenters. The Bertz CT molecular complexity index is 617. The molecule has 1 aliphatic carbocycles. The molecule has 0 radical (unpaired) electrons. The van der Waals surface area contributed by atoms with Gasteiger partial charge in [0.15, 0.2) is 0 Å². The Morgan fingerprint density at radius 1 is 1.53 bits per heavy atom. The molecule has 2 aromatic rings. The molecule has 1 saturated carbocycles. The molecular weight excluding hydrogens is 234 g/mol. The van der Waals surface area contributed by atoms with Crippen LogP contribution in [-0.4, -0.2) is 9.55 Å². The molecule has 1 atom stereocenters. The molecule has 1 aromatic heterocycles. The lowest BCUT2D eigenvalue weighted by atomic mass is 10.2. The van der Waals surface area contributed by atoms with Crippen LogP contribution in [0.15, 0.2) is 18.2 Å². The minimum atomic E-state index is -0.130. The summed E-state index contributed by atoms with van der Waals surface area (Å²) in [5.41, 5.74) is 2.44. The summed E-state index contributed by atoms with van der Waals surface area (Å²) in [5, 5.41) is 8.97. The zero-order valence-corrected chi connectivity index (χ0v) is 10.3. The number of imidazole rings is 1. The van der Waals surface area contributed by atoms with Crippen LogP contribution < -0.4 is 0 Å². The fourth-order valence-corrected chi connectivity index (χ4v) is 2.38. The maximum atomic E-state index is 9.10. The van der Waals surface area contributed by atoms with Crippen LogP contribution in [0.3, 0.4) is 0 Å². The number of alkyl halides is 1. The quantitative estimate of drug-likeness (QED) is 0.760. The first-order valence-electron chi connectivity index (χ1n) is 5.77. The predicted molar refractivity (Wildman–Crippen MR) is 67.0 cm³/mol. The summed E-state index contributed by atoms with van der Waals surface area (Å²) in [6.07, 6.45) is 2.36. The number of aromatic nitrogens is 2. The summed E-state index contributed by atoms with van der Waals surface area (Å²) < 4.78 is 2.20. The standard InChI is InChI=1S/C13H12ClN3/c1-8(14)13-16-12-9(7-15)3-2-4-11(12)17(13)10-5-6-10/h2-4,8,10H,5-6H2,1H3. The average Bonchev–Trinajstić information content (AvgIpc) is 3.08. The van der Waals surface area contributed by atoms with Crippen molar-refractivity contribution >= 4 is 22.6 Å². The fourth-order valence-electron chi connectivity index (χ4n) is 2.22. The molecule has 17 heavy (non-hydrogen) atoms. The molecule has 0 amide bonds. The van der Waals surface area contributed by atoms with Crippen LogP contribution in [0, 0.1) is 11.3 Å². The van der Waals surface area contributed by atoms with Crippen molar-refractivity contribution in [3.63, 3.8) is 0 Å². The molecule has 3 rings (SSSR count). The Hall–Kier alpha value is -1.53. The number of rotatable bonds is 2. The first-order chi connectivity index (χ1) is 8.22. The van der Waals surface area contributed by atoms with E-state index in [0.717, 1.165) is 16.9 Å². The van der Waals surface area contributed by atoms with Gasteiger partial charge in [-0.1, -0.05) is 6.07 Å². The fraction of sp³-hybridized carbons (Fsp3) is 0.385. The van der Waals surface area contributed by atoms with Crippen LogP contribution >= 0.6 is 11.6 Å². The van der Waals surface area contributed by atoms with Gasteiger partial charge in [-0.3, -0.25) is 0 Å². The first-order valence-corrected chi connectivity index (χ1v) is 6.21. The molecule has 0 spiro atoms. The minimum absolute atomic E-state index is 0.130. The number of halogens is 1. The molecule has 4 heteroatoms. The van der Waals surface area contributed by atoms with E-state index in [1.54, 1.807) is 6.07 Å². The number of hydrogen-bond donors (Lipinski definition) is 0. The van der Waals surface area contributed by atoms with Gasteiger partial charge in [-0.2, -0.15) is 5.26 Å². The van der Waals surface area contributed by atoms with E-state index in [0.29, 0.717) is 11.6 Å². The molecule has 1 fully saturated rings. The van der Waals surface area contributed by atoms with E-state index in [4.69, 9.17) is 16.9 Å². The maximum Gasteiger partial charge on any atom is 0.128 e. The molecule has 3 nitrogen and oxygen atoms in total. The van der Waals surface area contributed by atoms with E-state index in [2.05, 4.69) is 15.6 Å². The molecule has 0 N–H and O–H groups in total. The van der Waals surface area contributed by atoms with Crippen molar-refractivity contribution < 1.29 is 0 Å². The third kappa shape index (κ3) is 1.60. The van der Waals surface area contributed by atoms with Crippen LogP contribution in [0.25, 0.3) is 11.0 Å². The number of hydrogen-bond acceptors (Lipinski definition) is 2. The van der Waals surface area contributed by atoms with E-state index in [1.807, 2.05) is 19.1 Å². The zero-order chi connectivity index (χ0) is 12.0. The van der Waals surface area contributed by atoms with E-state index in [-0.39, 0.29) is 5.38 Å². The highest BCUT2D eigenvalue weighted by atomic mass is 35.5. The van der Waals surface area contributed by atoms with Gasteiger partial charge < -0.3 is 4.57 Å². The van der Waals surface area contributed by atoms with Gasteiger partial charge >= 0.3 is 0 Å². The van der Waals surface area contributed by atoms with Gasteiger partial charge in [0.05, 0.1) is 16.5 Å². The number of nitrogens with zero attached hydrogens (tertiary/aromatic N) is 3. The van der Waals surface area contributed by atoms with Crippen molar-refractivity contribution in [2.24, 2.45) is 0 Å². The van der Waals surface area contributed by atoms with Gasteiger partial charge in [0.1, 0.15) is 17.4 Å². The van der Waals surface area contributed by atoms with Gasteiger partial charge in [-0.25, -0.2) is 4.98 Å². The van der Waals surface area contributed by atoms with Crippen LogP contribution in [0.1, 0.15) is 42.6 Å². The Morgan fingerprint density at radius 3 is 2.88 bits per heavy atom. The summed E-state index contributed by atoms with van der Waals surface area (Å²) >= 11 is 6.18. The number of nitriles is 1. The molecule has 0 saturated heterocycles. The highest BCUT2D eigenvalue weighted by molar-refractivity contribution is 6.20. The minimum Gasteiger partial charge on any atom is -0.324 e. The smallest absolute Gasteiger partial charge is 0.128 e. The van der Waals surface area contributed by atoms with E-state index in [1.165, 1.54) is 12.8 Å². The zero-order valence-electron chi connectivity index (χ0n) is 9.52. The normalized spacial score (nSPS) is 17.0. The summed E-state index contributed by atoms with van der Waals surface area (Å²) in [6.45, 7) is 1.92. The van der Waals surface area contributed by atoms with Crippen LogP contribution in [0.4, 0.5) is 0 Å². The molecule has 0 aliphatic heterocycles. The first kappa shape index (κ1) is 10.6. The number of benzene rings is 1. The summed E-state index contributed by atoms with van der Waals surface area (Å²) in [7, 11) is 0. The Morgan fingerprint density at radius 2 is 2.29 bits per heavy atom. The SMILES string of the molecule is CC(Cl)c1nc2c(C#N)cccc2n1C1CC1. The summed E-state index contributed by atoms with van der Waals surface area (Å²) in [4.78, 5) is 4.55. The molecule has 86 valence electrons. The Balaban J connectivity index is 2.34. The third-order valence-corrected chi connectivity index (χ3v) is 3.33. The molecule has 1 heterocycles. The topological polar surface area (TPSA) is 41.6 Å². The Kier molecular flexibility index (Phi) is 2.34. The predicted octanol–water partition coefficient (Wildman–Crippen LogP) is 3.54. The summed E-state index contributed by atoms with van der Waals surface area (Å²) in [6, 6.07) is 8.43. The van der Waals surface area contributed by atoms with Crippen LogP contribution in [0.5, 0.6) is 0 Å². The van der Waals surface area contributed by atoms with Crippen LogP contribution in [-0.2, 0) is 0 Å². The second-order valence-electron chi connectivity index (χ2n) is 4.47. The number of fused-ring (bicyclic) bond motifs is 1. The maximum absolute atomic E-state index is 9.10. The molecule has 1 aromatic carbocycles. The van der Waals surface area contributed by atoms with E-state index < -0.39 is 0 Å². The Labute approximate surface area is 105 Å². The largest absolute Gasteiger partial charge is 0.324 e. The van der Waals surface area contributed by atoms with Crippen molar-refractivity contribution in [3.05, 3.63) is 29.6 Å². The van der Waals surface area contributed by atoms with Gasteiger partial charge in [0, 0.05) is 6.04 Å². The third-order valence-electron chi connectivity index (χ3n) is 3.14. The van der Waals surface area contributed by atoms with Crippen molar-refractivity contribution in [2.75, 3.05) is 0 Å². The van der Waals surface area contributed by atoms with E-state index >= 15 is 0 Å². The monoisotopic (exact) mass is 245 g/mol. The highest BCUT2D eigenvalue weighted by Crippen LogP contribution is 2.41. The number of para-hydroxylation sites is 1. The summed E-state index contributed by atoms with van der Waals surface area (Å²) in [5.74, 6) is 0.881. The van der Waals surface area contributed by atoms with Gasteiger partial charge in [-0.15, -0.1) is 11.6 Å². The second-order valence-corrected chi connectivity index (χ2v) is 5.13. The highest BCUT2D eigenvalue weighted by Gasteiger charge is 2.29. The van der Waals surface area contributed by atoms with Gasteiger partial charge in [-0.05, 0) is 31.9 Å². The molecular formula is C13H12ClN3. The lowest BCUT2D eigenvalue weighted by Crippen LogP contribution is -2.01. The van der Waals surface area contributed by atoms with Crippen molar-refractivity contribution in [2.45, 2.75) is 31.2 Å². The lowest BCUT2D eigenvalue weighted by Gasteiger charge is -2.08.